The molecule has 0 fully saturated rings. The first kappa shape index (κ1) is 22.5. The van der Waals surface area contributed by atoms with Crippen molar-refractivity contribution < 1.29 is 32.3 Å². The Morgan fingerprint density at radius 2 is 1.60 bits per heavy atom. The predicted octanol–water partition coefficient (Wildman–Crippen LogP) is 1.94. The fourth-order valence-corrected chi connectivity index (χ4v) is 0.294. The molecule has 0 aromatic heterocycles. The molecule has 2 nitrogen and oxygen atoms in total. The third kappa shape index (κ3) is 24.6. The largest absolute Gasteiger partial charge is 0.512 e. The van der Waals surface area contributed by atoms with Gasteiger partial charge in [-0.25, -0.2) is 0 Å². The molecule has 0 aromatic rings. The van der Waals surface area contributed by atoms with Crippen molar-refractivity contribution in [3.63, 3.8) is 0 Å². The van der Waals surface area contributed by atoms with Gasteiger partial charge in [0, 0.05) is 28.5 Å². The van der Waals surface area contributed by atoms with Gasteiger partial charge >= 0.3 is 0 Å². The van der Waals surface area contributed by atoms with Crippen LogP contribution in [0, 0.1) is 14.9 Å². The Labute approximate surface area is 78.8 Å². The topological polar surface area (TPSA) is 37.3 Å². The zero-order chi connectivity index (χ0) is 5.86. The minimum absolute atomic E-state index is 0. The summed E-state index contributed by atoms with van der Waals surface area (Å²) < 4.78 is 0. The molecule has 0 atom stereocenters. The van der Waals surface area contributed by atoms with E-state index in [1.807, 2.05) is 0 Å². The summed E-state index contributed by atoms with van der Waals surface area (Å²) in [6.07, 6.45) is 1.17. The molecule has 0 heterocycles. The average molecular weight is 327 g/mol. The number of carbonyl (C=O) groups is 1. The maximum Gasteiger partial charge on any atom is 0.155 e. The Hall–Kier alpha value is -0.0497. The van der Waals surface area contributed by atoms with Gasteiger partial charge in [-0.3, -0.25) is 4.79 Å². The maximum absolute atomic E-state index is 10.0. The number of hydrogen-bond donors (Lipinski definition) is 1. The number of rotatable bonds is 1. The van der Waals surface area contributed by atoms with Gasteiger partial charge in [0.15, 0.2) is 5.78 Å². The molecule has 0 saturated carbocycles. The van der Waals surface area contributed by atoms with Gasteiger partial charge in [-0.2, -0.15) is 0 Å². The Morgan fingerprint density at radius 3 is 1.60 bits per heavy atom. The molecule has 0 bridgehead atoms. The molecule has 10 heavy (non-hydrogen) atoms. The molecule has 0 rings (SSSR count). The zero-order valence-corrected chi connectivity index (χ0v) is 8.90. The molecule has 0 spiro atoms. The minimum atomic E-state index is -0.125. The second kappa shape index (κ2) is 11.7. The number of hydrogen-bond acceptors (Lipinski definition) is 2. The van der Waals surface area contributed by atoms with Crippen LogP contribution in [0.15, 0.2) is 11.8 Å². The summed E-state index contributed by atoms with van der Waals surface area (Å²) in [7, 11) is 0. The second-order valence-corrected chi connectivity index (χ2v) is 1.40. The Balaban J connectivity index is -0.0000000600. The van der Waals surface area contributed by atoms with Crippen LogP contribution < -0.4 is 0 Å². The molecule has 1 radical (unpaired) electrons. The third-order valence-corrected chi connectivity index (χ3v) is 0.412. The Kier molecular flexibility index (Phi) is 26.4. The van der Waals surface area contributed by atoms with Gasteiger partial charge in [-0.15, -0.1) is 0 Å². The normalized spacial score (nSPS) is 8.00. The van der Waals surface area contributed by atoms with Crippen LogP contribution in [0.25, 0.3) is 0 Å². The first-order valence-corrected chi connectivity index (χ1v) is 2.01. The van der Waals surface area contributed by atoms with Crippen molar-refractivity contribution >= 4 is 5.78 Å². The first-order chi connectivity index (χ1) is 3.13. The molecule has 0 aliphatic rings. The standard InChI is InChI=1S/C5H8O2.2CH3.Au/c1-4(6)3-5(2)7;;;/h3,6H,1-2H3;2*1H3;/q;2*-1;. The Bertz CT molecular complexity index is 104. The van der Waals surface area contributed by atoms with E-state index in [4.69, 9.17) is 5.11 Å². The number of ketones is 1. The fraction of sp³-hybridized carbons (Fsp3) is 0.286. The van der Waals surface area contributed by atoms with Crippen molar-refractivity contribution in [2.75, 3.05) is 0 Å². The van der Waals surface area contributed by atoms with Crippen molar-refractivity contribution in [2.45, 2.75) is 13.8 Å². The van der Waals surface area contributed by atoms with E-state index in [9.17, 15) is 4.79 Å². The number of aliphatic hydroxyl groups is 1. The monoisotopic (exact) mass is 327 g/mol. The van der Waals surface area contributed by atoms with Crippen molar-refractivity contribution in [2.24, 2.45) is 0 Å². The summed E-state index contributed by atoms with van der Waals surface area (Å²) in [6.45, 7) is 2.85. The van der Waals surface area contributed by atoms with Crippen molar-refractivity contribution in [3.05, 3.63) is 26.7 Å². The van der Waals surface area contributed by atoms with Crippen LogP contribution in [0.3, 0.4) is 0 Å². The van der Waals surface area contributed by atoms with Crippen LogP contribution >= 0.6 is 0 Å². The van der Waals surface area contributed by atoms with E-state index in [2.05, 4.69) is 0 Å². The smallest absolute Gasteiger partial charge is 0.155 e. The quantitative estimate of drug-likeness (QED) is 0.346. The van der Waals surface area contributed by atoms with E-state index < -0.39 is 0 Å². The summed E-state index contributed by atoms with van der Waals surface area (Å²) in [5.41, 5.74) is 0. The molecule has 3 heteroatoms. The summed E-state index contributed by atoms with van der Waals surface area (Å²) in [5, 5.41) is 8.36. The summed E-state index contributed by atoms with van der Waals surface area (Å²) in [5.74, 6) is -0.0625. The van der Waals surface area contributed by atoms with Crippen molar-refractivity contribution in [1.82, 2.24) is 0 Å². The van der Waals surface area contributed by atoms with Crippen molar-refractivity contribution in [3.8, 4) is 0 Å². The van der Waals surface area contributed by atoms with Crippen LogP contribution in [-0.2, 0) is 27.2 Å². The summed E-state index contributed by atoms with van der Waals surface area (Å²) in [6, 6.07) is 0. The van der Waals surface area contributed by atoms with Crippen LogP contribution in [0.5, 0.6) is 0 Å². The SMILES string of the molecule is CC(=O)C=C(C)O.[Au].[CH3-].[CH3-]. The van der Waals surface area contributed by atoms with Gasteiger partial charge in [0.1, 0.15) is 0 Å². The molecule has 0 saturated heterocycles. The van der Waals surface area contributed by atoms with E-state index in [1.54, 1.807) is 0 Å². The van der Waals surface area contributed by atoms with E-state index in [0.29, 0.717) is 0 Å². The van der Waals surface area contributed by atoms with Gasteiger partial charge in [-0.05, 0) is 13.8 Å². The molecule has 0 aliphatic heterocycles. The van der Waals surface area contributed by atoms with E-state index >= 15 is 0 Å². The number of aliphatic hydroxyl groups excluding tert-OH is 1. The van der Waals surface area contributed by atoms with Gasteiger partial charge in [0.2, 0.25) is 0 Å². The predicted molar refractivity (Wildman–Crippen MR) is 39.9 cm³/mol. The second-order valence-electron chi connectivity index (χ2n) is 1.40. The number of carbonyl (C=O) groups excluding carboxylic acids is 1. The fourth-order valence-electron chi connectivity index (χ4n) is 0.294. The molecular formula is C7H14AuO2-2. The summed E-state index contributed by atoms with van der Waals surface area (Å²) in [4.78, 5) is 10.0. The van der Waals surface area contributed by atoms with Gasteiger partial charge in [0.25, 0.3) is 0 Å². The molecule has 0 aliphatic carbocycles. The van der Waals surface area contributed by atoms with Crippen LogP contribution in [0.1, 0.15) is 13.8 Å². The number of allylic oxidation sites excluding steroid dienone is 2. The van der Waals surface area contributed by atoms with E-state index in [-0.39, 0.29) is 48.8 Å². The molecule has 0 aromatic carbocycles. The van der Waals surface area contributed by atoms with Gasteiger partial charge in [0.05, 0.1) is 5.76 Å². The third-order valence-electron chi connectivity index (χ3n) is 0.412. The van der Waals surface area contributed by atoms with E-state index in [1.165, 1.54) is 19.9 Å². The molecule has 67 valence electrons. The van der Waals surface area contributed by atoms with Gasteiger partial charge < -0.3 is 20.0 Å². The molecule has 0 unspecified atom stereocenters. The van der Waals surface area contributed by atoms with Gasteiger partial charge in [-0.1, -0.05) is 0 Å². The molecule has 1 N–H and O–H groups in total. The van der Waals surface area contributed by atoms with Crippen LogP contribution in [0.4, 0.5) is 0 Å². The molecular weight excluding hydrogens is 313 g/mol. The first-order valence-electron chi connectivity index (χ1n) is 2.01. The van der Waals surface area contributed by atoms with Crippen LogP contribution in [-0.4, -0.2) is 10.9 Å². The molecule has 0 amide bonds. The zero-order valence-electron chi connectivity index (χ0n) is 6.73. The summed E-state index contributed by atoms with van der Waals surface area (Å²) >= 11 is 0. The minimum Gasteiger partial charge on any atom is -0.512 e. The van der Waals surface area contributed by atoms with E-state index in [0.717, 1.165) is 0 Å². The maximum atomic E-state index is 10.0. The van der Waals surface area contributed by atoms with Crippen LogP contribution in [0.2, 0.25) is 0 Å². The average Bonchev–Trinajstić information content (AvgIpc) is 1.27. The Morgan fingerprint density at radius 1 is 1.30 bits per heavy atom. The van der Waals surface area contributed by atoms with Crippen molar-refractivity contribution in [1.29, 1.82) is 0 Å².